The number of ether oxygens (including phenoxy) is 1. The Hall–Kier alpha value is -2.32. The lowest BCUT2D eigenvalue weighted by atomic mass is 10.3. The first-order chi connectivity index (χ1) is 13.9. The molecular weight excluding hydrogens is 455 g/mol. The molecule has 29 heavy (non-hydrogen) atoms. The van der Waals surface area contributed by atoms with Gasteiger partial charge in [0.1, 0.15) is 5.75 Å². The second-order valence-corrected chi connectivity index (χ2v) is 8.33. The number of hydrogen-bond acceptors (Lipinski definition) is 5. The van der Waals surface area contributed by atoms with E-state index in [0.717, 1.165) is 4.70 Å². The summed E-state index contributed by atoms with van der Waals surface area (Å²) in [5, 5.41) is 4.89. The first-order valence-electron chi connectivity index (χ1n) is 8.32. The fraction of sp³-hybridized carbons (Fsp3) is 0.105. The first kappa shape index (κ1) is 20.0. The van der Waals surface area contributed by atoms with Gasteiger partial charge in [-0.05, 0) is 31.2 Å². The third kappa shape index (κ3) is 3.79. The Kier molecular flexibility index (Phi) is 5.40. The van der Waals surface area contributed by atoms with E-state index in [9.17, 15) is 4.79 Å². The largest absolute Gasteiger partial charge is 0.495 e. The number of aryl methyl sites for hydroxylation is 1. The molecule has 2 heterocycles. The first-order valence-corrected chi connectivity index (χ1v) is 10.3. The van der Waals surface area contributed by atoms with Gasteiger partial charge in [0.05, 0.1) is 43.6 Å². The van der Waals surface area contributed by atoms with Gasteiger partial charge in [-0.15, -0.1) is 0 Å². The molecule has 4 rings (SSSR count). The van der Waals surface area contributed by atoms with Crippen LogP contribution in [0.15, 0.2) is 40.1 Å². The van der Waals surface area contributed by atoms with Gasteiger partial charge in [-0.2, -0.15) is 0 Å². The molecule has 6 nitrogen and oxygen atoms in total. The molecule has 0 spiro atoms. The monoisotopic (exact) mass is 466 g/mol. The zero-order valence-electron chi connectivity index (χ0n) is 15.2. The van der Waals surface area contributed by atoms with Crippen molar-refractivity contribution in [1.29, 1.82) is 0 Å². The molecule has 4 aromatic rings. The van der Waals surface area contributed by atoms with Crippen LogP contribution < -0.4 is 10.3 Å². The highest BCUT2D eigenvalue weighted by Gasteiger charge is 2.13. The highest BCUT2D eigenvalue weighted by molar-refractivity contribution is 7.22. The van der Waals surface area contributed by atoms with Gasteiger partial charge in [0, 0.05) is 18.0 Å². The van der Waals surface area contributed by atoms with E-state index in [1.165, 1.54) is 29.3 Å². The maximum atomic E-state index is 12.9. The van der Waals surface area contributed by atoms with Crippen molar-refractivity contribution in [2.45, 2.75) is 6.92 Å². The maximum Gasteiger partial charge on any atom is 0.280 e. The molecule has 0 atom stereocenters. The third-order valence-electron chi connectivity index (χ3n) is 4.23. The van der Waals surface area contributed by atoms with Gasteiger partial charge in [-0.3, -0.25) is 9.89 Å². The van der Waals surface area contributed by atoms with Crippen LogP contribution in [0.3, 0.4) is 0 Å². The molecular formula is C19H13Cl3N4O2S. The fourth-order valence-electron chi connectivity index (χ4n) is 2.77. The molecule has 0 radical (unpaired) electrons. The second-order valence-electron chi connectivity index (χ2n) is 6.10. The average molecular weight is 468 g/mol. The smallest absolute Gasteiger partial charge is 0.280 e. The summed E-state index contributed by atoms with van der Waals surface area (Å²) in [6, 6.07) is 8.52. The summed E-state index contributed by atoms with van der Waals surface area (Å²) in [6.45, 7) is 1.80. The number of aromatic amines is 1. The summed E-state index contributed by atoms with van der Waals surface area (Å²) < 4.78 is 7.50. The van der Waals surface area contributed by atoms with Gasteiger partial charge >= 0.3 is 0 Å². The lowest BCUT2D eigenvalue weighted by Crippen LogP contribution is -2.17. The Morgan fingerprint density at radius 2 is 1.93 bits per heavy atom. The van der Waals surface area contributed by atoms with Crippen molar-refractivity contribution in [2.24, 2.45) is 4.99 Å². The van der Waals surface area contributed by atoms with E-state index >= 15 is 0 Å². The van der Waals surface area contributed by atoms with Crippen LogP contribution in [0.2, 0.25) is 15.1 Å². The topological polar surface area (TPSA) is 72.3 Å². The summed E-state index contributed by atoms with van der Waals surface area (Å²) in [5.41, 5.74) is 2.15. The summed E-state index contributed by atoms with van der Waals surface area (Å²) in [6.07, 6.45) is 1.50. The SMILES string of the molecule is COc1cc(-n2[nH]c(C)c(C=Nc3nc4cc(Cl)c(Cl)cc4s3)c2=O)ccc1Cl. The van der Waals surface area contributed by atoms with E-state index in [2.05, 4.69) is 15.1 Å². The summed E-state index contributed by atoms with van der Waals surface area (Å²) in [5.74, 6) is 0.477. The van der Waals surface area contributed by atoms with E-state index in [1.807, 2.05) is 0 Å². The van der Waals surface area contributed by atoms with Crippen LogP contribution >= 0.6 is 46.1 Å². The van der Waals surface area contributed by atoms with Crippen LogP contribution in [-0.4, -0.2) is 28.1 Å². The molecule has 0 saturated carbocycles. The van der Waals surface area contributed by atoms with E-state index in [1.54, 1.807) is 37.3 Å². The van der Waals surface area contributed by atoms with E-state index < -0.39 is 0 Å². The lowest BCUT2D eigenvalue weighted by molar-refractivity contribution is 0.414. The number of thiazole rings is 1. The van der Waals surface area contributed by atoms with Gasteiger partial charge in [-0.25, -0.2) is 14.7 Å². The number of fused-ring (bicyclic) bond motifs is 1. The Balaban J connectivity index is 1.71. The average Bonchev–Trinajstić information content (AvgIpc) is 3.20. The van der Waals surface area contributed by atoms with Crippen LogP contribution in [0, 0.1) is 6.92 Å². The minimum absolute atomic E-state index is 0.247. The standard InChI is InChI=1S/C19H13Cl3N4O2S/c1-9-11(8-23-19-24-15-6-13(21)14(22)7-17(15)29-19)18(27)26(25-9)10-3-4-12(20)16(5-10)28-2/h3-8,25H,1-2H3. The number of halogens is 3. The molecule has 10 heteroatoms. The Morgan fingerprint density at radius 1 is 1.17 bits per heavy atom. The molecule has 148 valence electrons. The van der Waals surface area contributed by atoms with Gasteiger partial charge < -0.3 is 4.74 Å². The minimum atomic E-state index is -0.247. The van der Waals surface area contributed by atoms with Crippen molar-refractivity contribution < 1.29 is 4.74 Å². The zero-order chi connectivity index (χ0) is 20.7. The second kappa shape index (κ2) is 7.84. The number of H-pyrrole nitrogens is 1. The molecule has 0 aliphatic heterocycles. The molecule has 1 N–H and O–H groups in total. The summed E-state index contributed by atoms with van der Waals surface area (Å²) >= 11 is 19.5. The molecule has 0 amide bonds. The number of aromatic nitrogens is 3. The Labute approximate surface area is 184 Å². The van der Waals surface area contributed by atoms with Crippen LogP contribution in [0.1, 0.15) is 11.3 Å². The number of hydrogen-bond donors (Lipinski definition) is 1. The van der Waals surface area contributed by atoms with E-state index in [0.29, 0.717) is 48.4 Å². The van der Waals surface area contributed by atoms with Crippen molar-refractivity contribution in [3.8, 4) is 11.4 Å². The van der Waals surface area contributed by atoms with E-state index in [4.69, 9.17) is 39.5 Å². The van der Waals surface area contributed by atoms with Gasteiger partial charge in [0.25, 0.3) is 5.56 Å². The molecule has 0 aliphatic carbocycles. The predicted molar refractivity (Wildman–Crippen MR) is 120 cm³/mol. The summed E-state index contributed by atoms with van der Waals surface area (Å²) in [7, 11) is 1.52. The van der Waals surface area contributed by atoms with Crippen molar-refractivity contribution >= 4 is 67.7 Å². The quantitative estimate of drug-likeness (QED) is 0.385. The molecule has 0 bridgehead atoms. The Bertz CT molecular complexity index is 1280. The number of aliphatic imine (C=N–C) groups is 1. The van der Waals surface area contributed by atoms with Gasteiger partial charge in [0.2, 0.25) is 5.13 Å². The van der Waals surface area contributed by atoms with Gasteiger partial charge in [0.15, 0.2) is 0 Å². The van der Waals surface area contributed by atoms with Crippen LogP contribution in [-0.2, 0) is 0 Å². The lowest BCUT2D eigenvalue weighted by Gasteiger charge is -2.06. The van der Waals surface area contributed by atoms with Crippen LogP contribution in [0.5, 0.6) is 5.75 Å². The minimum Gasteiger partial charge on any atom is -0.495 e. The van der Waals surface area contributed by atoms with Gasteiger partial charge in [-0.1, -0.05) is 46.1 Å². The molecule has 0 saturated heterocycles. The highest BCUT2D eigenvalue weighted by Crippen LogP contribution is 2.34. The normalized spacial score (nSPS) is 11.6. The Morgan fingerprint density at radius 3 is 2.69 bits per heavy atom. The van der Waals surface area contributed by atoms with Crippen molar-refractivity contribution in [1.82, 2.24) is 14.8 Å². The number of methoxy groups -OCH3 is 1. The van der Waals surface area contributed by atoms with Crippen LogP contribution in [0.4, 0.5) is 5.13 Å². The van der Waals surface area contributed by atoms with E-state index in [-0.39, 0.29) is 5.56 Å². The molecule has 0 aliphatic rings. The molecule has 0 fully saturated rings. The van der Waals surface area contributed by atoms with Crippen molar-refractivity contribution in [2.75, 3.05) is 7.11 Å². The molecule has 2 aromatic carbocycles. The fourth-order valence-corrected chi connectivity index (χ4v) is 4.18. The number of nitrogens with zero attached hydrogens (tertiary/aromatic N) is 3. The number of rotatable bonds is 4. The van der Waals surface area contributed by atoms with Crippen molar-refractivity contribution in [3.05, 3.63) is 67.0 Å². The predicted octanol–water partition coefficient (Wildman–Crippen LogP) is 5.80. The highest BCUT2D eigenvalue weighted by atomic mass is 35.5. The van der Waals surface area contributed by atoms with Crippen molar-refractivity contribution in [3.63, 3.8) is 0 Å². The molecule has 2 aromatic heterocycles. The maximum absolute atomic E-state index is 12.9. The van der Waals surface area contributed by atoms with Crippen LogP contribution in [0.25, 0.3) is 15.9 Å². The molecule has 0 unspecified atom stereocenters. The number of benzene rings is 2. The number of nitrogens with one attached hydrogen (secondary N) is 1. The zero-order valence-corrected chi connectivity index (χ0v) is 18.2. The summed E-state index contributed by atoms with van der Waals surface area (Å²) in [4.78, 5) is 21.7. The third-order valence-corrected chi connectivity index (χ3v) is 6.19.